The Balaban J connectivity index is 1.89. The van der Waals surface area contributed by atoms with Crippen LogP contribution in [0.5, 0.6) is 17.2 Å². The van der Waals surface area contributed by atoms with Crippen LogP contribution in [0, 0.1) is 0 Å². The number of rotatable bonds is 11. The highest BCUT2D eigenvalue weighted by Gasteiger charge is 2.26. The van der Waals surface area contributed by atoms with Crippen LogP contribution in [-0.4, -0.2) is 58.7 Å². The molecule has 0 saturated heterocycles. The number of hydrogen-bond donors (Lipinski definition) is 3. The summed E-state index contributed by atoms with van der Waals surface area (Å²) < 4.78 is 11.0. The zero-order valence-electron chi connectivity index (χ0n) is 16.1. The van der Waals surface area contributed by atoms with Gasteiger partial charge in [0.15, 0.2) is 0 Å². The molecule has 3 N–H and O–H groups in total. The first-order chi connectivity index (χ1) is 13.4. The first-order valence-corrected chi connectivity index (χ1v) is 9.17. The molecule has 0 fully saturated rings. The molecule has 0 amide bonds. The summed E-state index contributed by atoms with van der Waals surface area (Å²) in [5, 5.41) is 28.9. The van der Waals surface area contributed by atoms with Crippen LogP contribution in [0.2, 0.25) is 0 Å². The molecule has 152 valence electrons. The molecule has 2 aromatic rings. The number of aliphatic hydroxyl groups is 1. The lowest BCUT2D eigenvalue weighted by molar-refractivity contribution is -0.154. The number of aromatic hydroxyl groups is 1. The normalized spacial score (nSPS) is 13.1. The Kier molecular flexibility index (Phi) is 8.10. The molecule has 2 unspecified atom stereocenters. The van der Waals surface area contributed by atoms with Crippen molar-refractivity contribution >= 4 is 5.97 Å². The van der Waals surface area contributed by atoms with E-state index < -0.39 is 18.3 Å². The first kappa shape index (κ1) is 21.5. The summed E-state index contributed by atoms with van der Waals surface area (Å²) in [6.45, 7) is 2.12. The number of phenols is 1. The highest BCUT2D eigenvalue weighted by atomic mass is 16.5. The van der Waals surface area contributed by atoms with Crippen molar-refractivity contribution in [1.82, 2.24) is 4.90 Å². The van der Waals surface area contributed by atoms with Crippen LogP contribution < -0.4 is 9.47 Å². The summed E-state index contributed by atoms with van der Waals surface area (Å²) in [5.41, 5.74) is 1.16. The van der Waals surface area contributed by atoms with E-state index in [1.807, 2.05) is 12.1 Å². The second kappa shape index (κ2) is 10.5. The largest absolute Gasteiger partial charge is 0.508 e. The van der Waals surface area contributed by atoms with E-state index in [1.165, 1.54) is 17.0 Å². The number of aliphatic carboxylic acids is 1. The number of carbonyl (C=O) groups is 1. The number of nitrogens with zero attached hydrogens (tertiary/aromatic N) is 1. The Morgan fingerprint density at radius 3 is 2.25 bits per heavy atom. The van der Waals surface area contributed by atoms with Gasteiger partial charge in [0.25, 0.3) is 6.23 Å². The SMILES string of the molecule is CCCc1ccc(OC(C(=O)O)N(C)CC(O)COc2ccc(O)cc2)cc1. The lowest BCUT2D eigenvalue weighted by Gasteiger charge is -2.27. The van der Waals surface area contributed by atoms with Gasteiger partial charge in [0.2, 0.25) is 0 Å². The van der Waals surface area contributed by atoms with Crippen molar-refractivity contribution < 1.29 is 29.6 Å². The number of aliphatic hydroxyl groups excluding tert-OH is 1. The van der Waals surface area contributed by atoms with Gasteiger partial charge < -0.3 is 24.8 Å². The summed E-state index contributed by atoms with van der Waals surface area (Å²) in [6.07, 6.45) is -0.169. The number of carboxylic acid groups (broad SMARTS) is 1. The van der Waals surface area contributed by atoms with Crippen molar-refractivity contribution in [1.29, 1.82) is 0 Å². The van der Waals surface area contributed by atoms with Crippen molar-refractivity contribution in [3.05, 3.63) is 54.1 Å². The Morgan fingerprint density at radius 1 is 1.07 bits per heavy atom. The number of carboxylic acids is 1. The molecule has 0 spiro atoms. The maximum absolute atomic E-state index is 11.6. The average Bonchev–Trinajstić information content (AvgIpc) is 2.66. The molecule has 0 aliphatic heterocycles. The van der Waals surface area contributed by atoms with Gasteiger partial charge in [-0.2, -0.15) is 0 Å². The fourth-order valence-electron chi connectivity index (χ4n) is 2.70. The Hall–Kier alpha value is -2.77. The van der Waals surface area contributed by atoms with Crippen LogP contribution in [0.25, 0.3) is 0 Å². The maximum Gasteiger partial charge on any atom is 0.360 e. The van der Waals surface area contributed by atoms with Gasteiger partial charge in [-0.3, -0.25) is 4.90 Å². The molecule has 0 aromatic heterocycles. The van der Waals surface area contributed by atoms with Gasteiger partial charge in [-0.05, 0) is 55.4 Å². The zero-order valence-corrected chi connectivity index (χ0v) is 16.1. The highest BCUT2D eigenvalue weighted by molar-refractivity contribution is 5.72. The van der Waals surface area contributed by atoms with Crippen molar-refractivity contribution in [2.24, 2.45) is 0 Å². The lowest BCUT2D eigenvalue weighted by Crippen LogP contribution is -2.47. The molecular formula is C21H27NO6. The molecule has 0 aliphatic rings. The zero-order chi connectivity index (χ0) is 20.5. The van der Waals surface area contributed by atoms with Crippen LogP contribution in [0.3, 0.4) is 0 Å². The number of benzene rings is 2. The lowest BCUT2D eigenvalue weighted by atomic mass is 10.1. The third-order valence-corrected chi connectivity index (χ3v) is 4.10. The molecular weight excluding hydrogens is 362 g/mol. The molecule has 7 nitrogen and oxygen atoms in total. The van der Waals surface area contributed by atoms with E-state index in [1.54, 1.807) is 31.3 Å². The summed E-state index contributed by atoms with van der Waals surface area (Å²) in [6, 6.07) is 13.4. The van der Waals surface area contributed by atoms with Gasteiger partial charge in [-0.25, -0.2) is 4.79 Å². The van der Waals surface area contributed by atoms with E-state index in [2.05, 4.69) is 6.92 Å². The molecule has 28 heavy (non-hydrogen) atoms. The number of phenolic OH excluding ortho intramolecular Hbond substituents is 1. The Labute approximate surface area is 164 Å². The van der Waals surface area contributed by atoms with E-state index >= 15 is 0 Å². The van der Waals surface area contributed by atoms with Gasteiger partial charge in [0, 0.05) is 6.54 Å². The second-order valence-electron chi connectivity index (χ2n) is 6.60. The molecule has 2 aromatic carbocycles. The third-order valence-electron chi connectivity index (χ3n) is 4.10. The van der Waals surface area contributed by atoms with Gasteiger partial charge >= 0.3 is 5.97 Å². The molecule has 0 bridgehead atoms. The van der Waals surface area contributed by atoms with Crippen LogP contribution in [0.4, 0.5) is 0 Å². The molecule has 2 rings (SSSR count). The topological polar surface area (TPSA) is 99.5 Å². The molecule has 0 heterocycles. The van der Waals surface area contributed by atoms with Gasteiger partial charge in [-0.1, -0.05) is 25.5 Å². The van der Waals surface area contributed by atoms with E-state index in [0.717, 1.165) is 18.4 Å². The number of hydrogen-bond acceptors (Lipinski definition) is 6. The minimum Gasteiger partial charge on any atom is -0.508 e. The van der Waals surface area contributed by atoms with Crippen LogP contribution >= 0.6 is 0 Å². The summed E-state index contributed by atoms with van der Waals surface area (Å²) in [7, 11) is 1.56. The van der Waals surface area contributed by atoms with E-state index in [9.17, 15) is 20.1 Å². The van der Waals surface area contributed by atoms with E-state index in [0.29, 0.717) is 11.5 Å². The van der Waals surface area contributed by atoms with Gasteiger partial charge in [0.05, 0.1) is 0 Å². The van der Waals surface area contributed by atoms with E-state index in [-0.39, 0.29) is 18.9 Å². The maximum atomic E-state index is 11.6. The molecule has 7 heteroatoms. The summed E-state index contributed by atoms with van der Waals surface area (Å²) >= 11 is 0. The Morgan fingerprint density at radius 2 is 1.68 bits per heavy atom. The number of aryl methyl sites for hydroxylation is 1. The minimum absolute atomic E-state index is 0.0207. The number of likely N-dealkylation sites (N-methyl/N-ethyl adjacent to an activating group) is 1. The highest BCUT2D eigenvalue weighted by Crippen LogP contribution is 2.18. The van der Waals surface area contributed by atoms with Crippen LogP contribution in [0.1, 0.15) is 18.9 Å². The summed E-state index contributed by atoms with van der Waals surface area (Å²) in [5.74, 6) is -0.0739. The van der Waals surface area contributed by atoms with E-state index in [4.69, 9.17) is 9.47 Å². The third kappa shape index (κ3) is 6.75. The second-order valence-corrected chi connectivity index (χ2v) is 6.60. The van der Waals surface area contributed by atoms with Crippen LogP contribution in [-0.2, 0) is 11.2 Å². The van der Waals surface area contributed by atoms with Crippen molar-refractivity contribution in [2.75, 3.05) is 20.2 Å². The smallest absolute Gasteiger partial charge is 0.360 e. The predicted octanol–water partition coefficient (Wildman–Crippen LogP) is 2.51. The van der Waals surface area contributed by atoms with Crippen molar-refractivity contribution in [3.63, 3.8) is 0 Å². The fourth-order valence-corrected chi connectivity index (χ4v) is 2.70. The molecule has 0 aliphatic carbocycles. The van der Waals surface area contributed by atoms with Gasteiger partial charge in [0.1, 0.15) is 30.0 Å². The molecule has 0 radical (unpaired) electrons. The standard InChI is InChI=1S/C21H27NO6/c1-3-4-15-5-9-19(10-6-15)28-20(21(25)26)22(2)13-17(24)14-27-18-11-7-16(23)8-12-18/h5-12,17,20,23-24H,3-4,13-14H2,1-2H3,(H,25,26). The van der Waals surface area contributed by atoms with Crippen molar-refractivity contribution in [2.45, 2.75) is 32.1 Å². The fraction of sp³-hybridized carbons (Fsp3) is 0.381. The van der Waals surface area contributed by atoms with Gasteiger partial charge in [-0.15, -0.1) is 0 Å². The molecule has 2 atom stereocenters. The predicted molar refractivity (Wildman–Crippen MR) is 105 cm³/mol. The monoisotopic (exact) mass is 389 g/mol. The number of ether oxygens (including phenoxy) is 2. The van der Waals surface area contributed by atoms with Crippen molar-refractivity contribution in [3.8, 4) is 17.2 Å². The first-order valence-electron chi connectivity index (χ1n) is 9.17. The minimum atomic E-state index is -1.24. The summed E-state index contributed by atoms with van der Waals surface area (Å²) in [4.78, 5) is 13.0. The molecule has 0 saturated carbocycles. The quantitative estimate of drug-likeness (QED) is 0.508. The Bertz CT molecular complexity index is 732. The van der Waals surface area contributed by atoms with Crippen LogP contribution in [0.15, 0.2) is 48.5 Å². The average molecular weight is 389 g/mol.